The van der Waals surface area contributed by atoms with Crippen molar-refractivity contribution in [3.63, 3.8) is 0 Å². The summed E-state index contributed by atoms with van der Waals surface area (Å²) in [5.74, 6) is -0.978. The average molecular weight is 195 g/mol. The van der Waals surface area contributed by atoms with Crippen LogP contribution in [-0.2, 0) is 16.0 Å². The van der Waals surface area contributed by atoms with Crippen LogP contribution in [0.2, 0.25) is 0 Å². The molecule has 1 aromatic carbocycles. The molecule has 4 heteroatoms. The van der Waals surface area contributed by atoms with Crippen molar-refractivity contribution >= 4 is 12.2 Å². The van der Waals surface area contributed by atoms with Crippen molar-refractivity contribution in [1.82, 2.24) is 5.32 Å². The monoisotopic (exact) mass is 195 g/mol. The lowest BCUT2D eigenvalue weighted by molar-refractivity contribution is -0.131. The van der Waals surface area contributed by atoms with Crippen LogP contribution in [0.5, 0.6) is 0 Å². The van der Waals surface area contributed by atoms with Crippen molar-refractivity contribution in [2.24, 2.45) is 0 Å². The quantitative estimate of drug-likeness (QED) is 0.567. The van der Waals surface area contributed by atoms with Gasteiger partial charge in [0, 0.05) is 6.54 Å². The van der Waals surface area contributed by atoms with Gasteiger partial charge in [-0.25, -0.2) is 4.39 Å². The topological polar surface area (TPSA) is 46.2 Å². The van der Waals surface area contributed by atoms with Gasteiger partial charge in [0.1, 0.15) is 5.82 Å². The predicted octanol–water partition coefficient (Wildman–Crippen LogP) is 0.683. The SMILES string of the molecule is O=CC(=O)NCCc1ccccc1F. The van der Waals surface area contributed by atoms with Crippen molar-refractivity contribution in [1.29, 1.82) is 0 Å². The fourth-order valence-corrected chi connectivity index (χ4v) is 1.06. The maximum absolute atomic E-state index is 13.0. The third-order valence-electron chi connectivity index (χ3n) is 1.76. The number of amides is 1. The minimum absolute atomic E-state index is 0.196. The highest BCUT2D eigenvalue weighted by Gasteiger charge is 2.01. The lowest BCUT2D eigenvalue weighted by Crippen LogP contribution is -2.26. The third kappa shape index (κ3) is 2.97. The second-order valence-corrected chi connectivity index (χ2v) is 2.75. The highest BCUT2D eigenvalue weighted by atomic mass is 19.1. The van der Waals surface area contributed by atoms with Crippen LogP contribution in [0.3, 0.4) is 0 Å². The molecule has 1 N–H and O–H groups in total. The summed E-state index contributed by atoms with van der Waals surface area (Å²) >= 11 is 0. The summed E-state index contributed by atoms with van der Waals surface area (Å²) in [6, 6.07) is 6.32. The Morgan fingerprint density at radius 3 is 2.79 bits per heavy atom. The third-order valence-corrected chi connectivity index (χ3v) is 1.76. The van der Waals surface area contributed by atoms with Crippen LogP contribution in [0.15, 0.2) is 24.3 Å². The Morgan fingerprint density at radius 2 is 2.14 bits per heavy atom. The molecule has 0 atom stereocenters. The molecule has 3 nitrogen and oxygen atoms in total. The number of rotatable bonds is 4. The van der Waals surface area contributed by atoms with Crippen LogP contribution in [0.25, 0.3) is 0 Å². The standard InChI is InChI=1S/C10H10FNO2/c11-9-4-2-1-3-8(9)5-6-12-10(14)7-13/h1-4,7H,5-6H2,(H,12,14). The molecule has 0 bridgehead atoms. The second-order valence-electron chi connectivity index (χ2n) is 2.75. The van der Waals surface area contributed by atoms with Crippen molar-refractivity contribution in [3.8, 4) is 0 Å². The molecule has 0 aromatic heterocycles. The Bertz CT molecular complexity index is 339. The van der Waals surface area contributed by atoms with Crippen molar-refractivity contribution in [3.05, 3.63) is 35.6 Å². The summed E-state index contributed by atoms with van der Waals surface area (Å²) in [6.45, 7) is 0.262. The van der Waals surface area contributed by atoms with Gasteiger partial charge >= 0.3 is 0 Å². The van der Waals surface area contributed by atoms with Crippen LogP contribution in [-0.4, -0.2) is 18.7 Å². The summed E-state index contributed by atoms with van der Waals surface area (Å²) in [4.78, 5) is 20.4. The van der Waals surface area contributed by atoms with E-state index in [1.165, 1.54) is 6.07 Å². The number of nitrogens with one attached hydrogen (secondary N) is 1. The first kappa shape index (κ1) is 10.4. The molecule has 1 amide bonds. The van der Waals surface area contributed by atoms with E-state index in [2.05, 4.69) is 5.32 Å². The van der Waals surface area contributed by atoms with Crippen LogP contribution < -0.4 is 5.32 Å². The number of hydrogen-bond donors (Lipinski definition) is 1. The van der Waals surface area contributed by atoms with Gasteiger partial charge in [-0.2, -0.15) is 0 Å². The largest absolute Gasteiger partial charge is 0.349 e. The van der Waals surface area contributed by atoms with Gasteiger partial charge in [-0.1, -0.05) is 18.2 Å². The molecule has 1 rings (SSSR count). The van der Waals surface area contributed by atoms with E-state index < -0.39 is 5.91 Å². The molecule has 0 unspecified atom stereocenters. The lowest BCUT2D eigenvalue weighted by atomic mass is 10.1. The molecule has 0 aliphatic rings. The first-order valence-electron chi connectivity index (χ1n) is 4.20. The summed E-state index contributed by atoms with van der Waals surface area (Å²) in [7, 11) is 0. The highest BCUT2D eigenvalue weighted by molar-refractivity contribution is 6.23. The van der Waals surface area contributed by atoms with E-state index in [0.29, 0.717) is 12.0 Å². The summed E-state index contributed by atoms with van der Waals surface area (Å²) in [5, 5.41) is 2.33. The minimum Gasteiger partial charge on any atom is -0.349 e. The van der Waals surface area contributed by atoms with Crippen molar-refractivity contribution in [2.45, 2.75) is 6.42 Å². The second kappa shape index (κ2) is 5.11. The molecule has 0 heterocycles. The molecular formula is C10H10FNO2. The average Bonchev–Trinajstić information content (AvgIpc) is 2.20. The van der Waals surface area contributed by atoms with Gasteiger partial charge in [0.05, 0.1) is 0 Å². The number of halogens is 1. The first-order valence-corrected chi connectivity index (χ1v) is 4.20. The Morgan fingerprint density at radius 1 is 1.43 bits per heavy atom. The number of carbonyl (C=O) groups is 2. The molecule has 1 aromatic rings. The molecule has 14 heavy (non-hydrogen) atoms. The van der Waals surface area contributed by atoms with Gasteiger partial charge in [-0.3, -0.25) is 9.59 Å². The van der Waals surface area contributed by atoms with Crippen LogP contribution in [0.1, 0.15) is 5.56 Å². The van der Waals surface area contributed by atoms with E-state index in [9.17, 15) is 14.0 Å². The maximum Gasteiger partial charge on any atom is 0.284 e. The smallest absolute Gasteiger partial charge is 0.284 e. The van der Waals surface area contributed by atoms with Crippen LogP contribution >= 0.6 is 0 Å². The van der Waals surface area contributed by atoms with Crippen molar-refractivity contribution < 1.29 is 14.0 Å². The Labute approximate surface area is 80.9 Å². The zero-order valence-corrected chi connectivity index (χ0v) is 7.50. The summed E-state index contributed by atoms with van der Waals surface area (Å²) in [6.07, 6.45) is 0.577. The lowest BCUT2D eigenvalue weighted by Gasteiger charge is -2.02. The molecule has 74 valence electrons. The Kier molecular flexibility index (Phi) is 3.79. The van der Waals surface area contributed by atoms with Gasteiger partial charge < -0.3 is 5.32 Å². The van der Waals surface area contributed by atoms with Crippen molar-refractivity contribution in [2.75, 3.05) is 6.54 Å². The van der Waals surface area contributed by atoms with E-state index in [4.69, 9.17) is 0 Å². The Balaban J connectivity index is 2.42. The fraction of sp³-hybridized carbons (Fsp3) is 0.200. The van der Waals surface area contributed by atoms with Gasteiger partial charge in [0.2, 0.25) is 6.29 Å². The molecular weight excluding hydrogens is 185 g/mol. The van der Waals surface area contributed by atoms with E-state index >= 15 is 0 Å². The number of carbonyl (C=O) groups excluding carboxylic acids is 2. The van der Waals surface area contributed by atoms with E-state index in [1.807, 2.05) is 0 Å². The predicted molar refractivity (Wildman–Crippen MR) is 49.2 cm³/mol. The molecule has 0 saturated heterocycles. The van der Waals surface area contributed by atoms with Crippen LogP contribution in [0.4, 0.5) is 4.39 Å². The van der Waals surface area contributed by atoms with Gasteiger partial charge in [-0.15, -0.1) is 0 Å². The zero-order chi connectivity index (χ0) is 10.4. The number of aldehydes is 1. The van der Waals surface area contributed by atoms with Crippen LogP contribution in [0, 0.1) is 5.82 Å². The number of benzene rings is 1. The minimum atomic E-state index is -0.679. The first-order chi connectivity index (χ1) is 6.74. The maximum atomic E-state index is 13.0. The molecule has 0 fully saturated rings. The summed E-state index contributed by atoms with van der Waals surface area (Å²) < 4.78 is 13.0. The molecule has 0 aliphatic heterocycles. The van der Waals surface area contributed by atoms with Gasteiger partial charge in [0.15, 0.2) is 0 Å². The number of hydrogen-bond acceptors (Lipinski definition) is 2. The van der Waals surface area contributed by atoms with E-state index in [0.717, 1.165) is 0 Å². The molecule has 0 aliphatic carbocycles. The normalized spacial score (nSPS) is 9.50. The molecule has 0 saturated carbocycles. The van der Waals surface area contributed by atoms with Gasteiger partial charge in [0.25, 0.3) is 5.91 Å². The molecule has 0 spiro atoms. The fourth-order valence-electron chi connectivity index (χ4n) is 1.06. The summed E-state index contributed by atoms with van der Waals surface area (Å²) in [5.41, 5.74) is 0.527. The van der Waals surface area contributed by atoms with Gasteiger partial charge in [-0.05, 0) is 18.1 Å². The van der Waals surface area contributed by atoms with E-state index in [-0.39, 0.29) is 18.6 Å². The Hall–Kier alpha value is -1.71. The van der Waals surface area contributed by atoms with E-state index in [1.54, 1.807) is 18.2 Å². The zero-order valence-electron chi connectivity index (χ0n) is 7.50. The molecule has 0 radical (unpaired) electrons. The highest BCUT2D eigenvalue weighted by Crippen LogP contribution is 2.05.